The quantitative estimate of drug-likeness (QED) is 0.716. The van der Waals surface area contributed by atoms with Crippen LogP contribution in [0.15, 0.2) is 24.3 Å². The minimum absolute atomic E-state index is 0.0968. The molecule has 0 radical (unpaired) electrons. The molecule has 0 fully saturated rings. The van der Waals surface area contributed by atoms with Gasteiger partial charge in [0, 0.05) is 17.8 Å². The van der Waals surface area contributed by atoms with Gasteiger partial charge in [0.15, 0.2) is 0 Å². The first kappa shape index (κ1) is 17.9. The number of aliphatic carboxylic acids is 1. The lowest BCUT2D eigenvalue weighted by atomic mass is 10.2. The number of carbonyl (C=O) groups is 2. The highest BCUT2D eigenvalue weighted by atomic mass is 32.1. The van der Waals surface area contributed by atoms with Crippen LogP contribution in [-0.4, -0.2) is 28.6 Å². The summed E-state index contributed by atoms with van der Waals surface area (Å²) in [6.07, 6.45) is 0.569. The minimum Gasteiger partial charge on any atom is -0.494 e. The van der Waals surface area contributed by atoms with E-state index in [1.807, 2.05) is 26.0 Å². The highest BCUT2D eigenvalue weighted by Crippen LogP contribution is 2.17. The van der Waals surface area contributed by atoms with Gasteiger partial charge < -0.3 is 15.2 Å². The number of ether oxygens (including phenoxy) is 1. The van der Waals surface area contributed by atoms with E-state index in [9.17, 15) is 9.59 Å². The zero-order valence-electron chi connectivity index (χ0n) is 13.7. The summed E-state index contributed by atoms with van der Waals surface area (Å²) in [5, 5.41) is 12.3. The molecule has 0 atom stereocenters. The van der Waals surface area contributed by atoms with E-state index >= 15 is 0 Å². The molecule has 0 bridgehead atoms. The number of hydrogen-bond donors (Lipinski definition) is 2. The molecular formula is C17H20N2O4S. The van der Waals surface area contributed by atoms with E-state index in [1.165, 1.54) is 11.3 Å². The van der Waals surface area contributed by atoms with Gasteiger partial charge in [-0.1, -0.05) is 12.1 Å². The number of thiazole rings is 1. The van der Waals surface area contributed by atoms with Crippen molar-refractivity contribution in [2.75, 3.05) is 6.61 Å². The van der Waals surface area contributed by atoms with Crippen molar-refractivity contribution in [2.24, 2.45) is 0 Å². The lowest BCUT2D eigenvalue weighted by molar-refractivity contribution is -0.137. The second-order valence-corrected chi connectivity index (χ2v) is 6.72. The summed E-state index contributed by atoms with van der Waals surface area (Å²) in [6.45, 7) is 4.54. The molecule has 0 saturated carbocycles. The molecule has 1 aromatic heterocycles. The van der Waals surface area contributed by atoms with Crippen LogP contribution in [-0.2, 0) is 11.3 Å². The van der Waals surface area contributed by atoms with E-state index in [-0.39, 0.29) is 12.3 Å². The van der Waals surface area contributed by atoms with E-state index in [2.05, 4.69) is 10.3 Å². The van der Waals surface area contributed by atoms with Crippen LogP contribution in [0.25, 0.3) is 0 Å². The smallest absolute Gasteiger partial charge is 0.303 e. The summed E-state index contributed by atoms with van der Waals surface area (Å²) in [4.78, 5) is 27.7. The van der Waals surface area contributed by atoms with Crippen molar-refractivity contribution in [3.05, 3.63) is 45.4 Å². The Balaban J connectivity index is 1.80. The zero-order chi connectivity index (χ0) is 17.5. The largest absolute Gasteiger partial charge is 0.494 e. The molecule has 0 saturated heterocycles. The van der Waals surface area contributed by atoms with E-state index in [0.717, 1.165) is 15.4 Å². The summed E-state index contributed by atoms with van der Waals surface area (Å²) < 4.78 is 5.47. The second kappa shape index (κ2) is 8.44. The molecule has 2 rings (SSSR count). The van der Waals surface area contributed by atoms with Crippen molar-refractivity contribution >= 4 is 23.2 Å². The number of carboxylic acid groups (broad SMARTS) is 1. The van der Waals surface area contributed by atoms with E-state index in [4.69, 9.17) is 9.84 Å². The Morgan fingerprint density at radius 3 is 2.54 bits per heavy atom. The highest BCUT2D eigenvalue weighted by Gasteiger charge is 2.13. The summed E-state index contributed by atoms with van der Waals surface area (Å²) >= 11 is 1.51. The van der Waals surface area contributed by atoms with Gasteiger partial charge in [0.05, 0.1) is 11.6 Å². The molecule has 7 heteroatoms. The van der Waals surface area contributed by atoms with Crippen LogP contribution in [0, 0.1) is 13.8 Å². The van der Waals surface area contributed by atoms with E-state index in [0.29, 0.717) is 31.0 Å². The molecule has 1 heterocycles. The van der Waals surface area contributed by atoms with Crippen molar-refractivity contribution in [1.82, 2.24) is 10.3 Å². The fraction of sp³-hybridized carbons (Fsp3) is 0.353. The molecular weight excluding hydrogens is 328 g/mol. The first-order valence-corrected chi connectivity index (χ1v) is 8.43. The van der Waals surface area contributed by atoms with Gasteiger partial charge >= 0.3 is 5.97 Å². The Morgan fingerprint density at radius 1 is 1.25 bits per heavy atom. The number of carboxylic acids is 1. The maximum absolute atomic E-state index is 12.1. The van der Waals surface area contributed by atoms with Crippen molar-refractivity contribution < 1.29 is 19.4 Å². The monoisotopic (exact) mass is 348 g/mol. The van der Waals surface area contributed by atoms with Gasteiger partial charge in [-0.25, -0.2) is 4.98 Å². The summed E-state index contributed by atoms with van der Waals surface area (Å²) in [5.74, 6) is -0.317. The predicted molar refractivity (Wildman–Crippen MR) is 91.6 cm³/mol. The fourth-order valence-electron chi connectivity index (χ4n) is 2.12. The predicted octanol–water partition coefficient (Wildman–Crippen LogP) is 2.93. The Hall–Kier alpha value is -2.41. The van der Waals surface area contributed by atoms with E-state index < -0.39 is 5.97 Å². The number of amides is 1. The van der Waals surface area contributed by atoms with Crippen LogP contribution in [0.4, 0.5) is 0 Å². The molecule has 1 amide bonds. The van der Waals surface area contributed by atoms with Crippen LogP contribution in [0.3, 0.4) is 0 Å². The zero-order valence-corrected chi connectivity index (χ0v) is 14.5. The Labute approximate surface area is 144 Å². The average Bonchev–Trinajstić information content (AvgIpc) is 2.89. The SMILES string of the molecule is Cc1nc(C(=O)NCc2ccc(OCCCC(=O)O)cc2)c(C)s1. The molecule has 24 heavy (non-hydrogen) atoms. The maximum atomic E-state index is 12.1. The van der Waals surface area contributed by atoms with Crippen molar-refractivity contribution in [2.45, 2.75) is 33.2 Å². The Morgan fingerprint density at radius 2 is 1.96 bits per heavy atom. The molecule has 0 aliphatic rings. The van der Waals surface area contributed by atoms with Gasteiger partial charge in [0.2, 0.25) is 0 Å². The molecule has 128 valence electrons. The van der Waals surface area contributed by atoms with Crippen LogP contribution in [0.5, 0.6) is 5.75 Å². The van der Waals surface area contributed by atoms with Gasteiger partial charge in [0.25, 0.3) is 5.91 Å². The third-order valence-corrected chi connectivity index (χ3v) is 4.18. The Kier molecular flexibility index (Phi) is 6.31. The fourth-order valence-corrected chi connectivity index (χ4v) is 2.94. The average molecular weight is 348 g/mol. The van der Waals surface area contributed by atoms with Crippen LogP contribution < -0.4 is 10.1 Å². The highest BCUT2D eigenvalue weighted by molar-refractivity contribution is 7.11. The van der Waals surface area contributed by atoms with Crippen molar-refractivity contribution in [3.63, 3.8) is 0 Å². The van der Waals surface area contributed by atoms with Crippen molar-refractivity contribution in [3.8, 4) is 5.75 Å². The van der Waals surface area contributed by atoms with Gasteiger partial charge in [0.1, 0.15) is 11.4 Å². The first-order chi connectivity index (χ1) is 11.5. The number of hydrogen-bond acceptors (Lipinski definition) is 5. The van der Waals surface area contributed by atoms with Gasteiger partial charge in [-0.3, -0.25) is 9.59 Å². The molecule has 2 N–H and O–H groups in total. The number of aryl methyl sites for hydroxylation is 2. The molecule has 0 unspecified atom stereocenters. The number of aromatic nitrogens is 1. The van der Waals surface area contributed by atoms with Gasteiger partial charge in [-0.15, -0.1) is 11.3 Å². The Bertz CT molecular complexity index is 710. The normalized spacial score (nSPS) is 10.4. The number of rotatable bonds is 8. The lowest BCUT2D eigenvalue weighted by Crippen LogP contribution is -2.23. The molecule has 0 spiro atoms. The third-order valence-electron chi connectivity index (χ3n) is 3.30. The minimum atomic E-state index is -0.824. The van der Waals surface area contributed by atoms with Gasteiger partial charge in [-0.05, 0) is 38.0 Å². The van der Waals surface area contributed by atoms with E-state index in [1.54, 1.807) is 12.1 Å². The third kappa shape index (κ3) is 5.34. The first-order valence-electron chi connectivity index (χ1n) is 7.61. The summed E-state index contributed by atoms with van der Waals surface area (Å²) in [6, 6.07) is 7.35. The topological polar surface area (TPSA) is 88.5 Å². The van der Waals surface area contributed by atoms with Crippen molar-refractivity contribution in [1.29, 1.82) is 0 Å². The van der Waals surface area contributed by atoms with Crippen LogP contribution in [0.2, 0.25) is 0 Å². The summed E-state index contributed by atoms with van der Waals surface area (Å²) in [5.41, 5.74) is 1.43. The molecule has 2 aromatic rings. The molecule has 0 aliphatic heterocycles. The standard InChI is InChI=1S/C17H20N2O4S/c1-11-16(19-12(2)24-11)17(22)18-10-13-5-7-14(8-6-13)23-9-3-4-15(20)21/h5-8H,3-4,9-10H2,1-2H3,(H,18,22)(H,20,21). The van der Waals surface area contributed by atoms with Crippen LogP contribution in [0.1, 0.15) is 38.8 Å². The number of nitrogens with zero attached hydrogens (tertiary/aromatic N) is 1. The number of carbonyl (C=O) groups excluding carboxylic acids is 1. The number of nitrogens with one attached hydrogen (secondary N) is 1. The molecule has 1 aromatic carbocycles. The summed E-state index contributed by atoms with van der Waals surface area (Å²) in [7, 11) is 0. The second-order valence-electron chi connectivity index (χ2n) is 5.31. The van der Waals surface area contributed by atoms with Gasteiger partial charge in [-0.2, -0.15) is 0 Å². The molecule has 0 aliphatic carbocycles. The van der Waals surface area contributed by atoms with Crippen LogP contribution >= 0.6 is 11.3 Å². The maximum Gasteiger partial charge on any atom is 0.303 e. The number of benzene rings is 1. The molecule has 6 nitrogen and oxygen atoms in total. The lowest BCUT2D eigenvalue weighted by Gasteiger charge is -2.07.